The molecule has 0 radical (unpaired) electrons. The number of hydrazine groups is 1. The molecule has 2 amide bonds. The zero-order valence-electron chi connectivity index (χ0n) is 12.1. The number of hydrogen-bond donors (Lipinski definition) is 2. The van der Waals surface area contributed by atoms with Crippen LogP contribution in [0.3, 0.4) is 0 Å². The van der Waals surface area contributed by atoms with Crippen molar-refractivity contribution in [1.82, 2.24) is 4.98 Å². The Kier molecular flexibility index (Phi) is 3.07. The van der Waals surface area contributed by atoms with Gasteiger partial charge in [0.2, 0.25) is 5.13 Å². The summed E-state index contributed by atoms with van der Waals surface area (Å²) in [6.45, 7) is 0. The molecule has 0 spiro atoms. The molecule has 0 fully saturated rings. The molecule has 2 aromatic carbocycles. The SMILES string of the molecule is COc1ccc2nc(N3C(=O)Nc4ccccc4N3O)sc2c1. The van der Waals surface area contributed by atoms with Crippen LogP contribution >= 0.6 is 11.3 Å². The smallest absolute Gasteiger partial charge is 0.349 e. The molecule has 1 aromatic heterocycles. The summed E-state index contributed by atoms with van der Waals surface area (Å²) in [6, 6.07) is 12.0. The Bertz CT molecular complexity index is 911. The lowest BCUT2D eigenvalue weighted by Crippen LogP contribution is -2.50. The van der Waals surface area contributed by atoms with Crippen LogP contribution in [0.1, 0.15) is 0 Å². The number of rotatable bonds is 2. The molecule has 0 aliphatic carbocycles. The molecule has 0 unspecified atom stereocenters. The van der Waals surface area contributed by atoms with E-state index in [1.54, 1.807) is 37.4 Å². The molecule has 3 aromatic rings. The summed E-state index contributed by atoms with van der Waals surface area (Å²) in [6.07, 6.45) is 0. The van der Waals surface area contributed by atoms with E-state index in [2.05, 4.69) is 10.3 Å². The van der Waals surface area contributed by atoms with Crippen molar-refractivity contribution >= 4 is 44.1 Å². The van der Waals surface area contributed by atoms with Crippen LogP contribution in [0.5, 0.6) is 5.75 Å². The molecular formula is C15H12N4O3S. The van der Waals surface area contributed by atoms with Gasteiger partial charge in [-0.15, -0.1) is 10.2 Å². The Morgan fingerprint density at radius 2 is 2.09 bits per heavy atom. The topological polar surface area (TPSA) is 77.9 Å². The fourth-order valence-electron chi connectivity index (χ4n) is 2.39. The van der Waals surface area contributed by atoms with E-state index in [-0.39, 0.29) is 0 Å². The van der Waals surface area contributed by atoms with Crippen LogP contribution in [0, 0.1) is 0 Å². The average molecular weight is 328 g/mol. The van der Waals surface area contributed by atoms with Crippen molar-refractivity contribution in [2.24, 2.45) is 0 Å². The van der Waals surface area contributed by atoms with Gasteiger partial charge in [0.15, 0.2) is 0 Å². The summed E-state index contributed by atoms with van der Waals surface area (Å²) in [4.78, 5) is 16.7. The number of carbonyl (C=O) groups is 1. The molecular weight excluding hydrogens is 316 g/mol. The summed E-state index contributed by atoms with van der Waals surface area (Å²) in [7, 11) is 1.59. The molecule has 4 rings (SSSR count). The Hall–Kier alpha value is -2.84. The minimum Gasteiger partial charge on any atom is -0.497 e. The van der Waals surface area contributed by atoms with Crippen molar-refractivity contribution in [3.63, 3.8) is 0 Å². The summed E-state index contributed by atoms with van der Waals surface area (Å²) >= 11 is 1.29. The van der Waals surface area contributed by atoms with Gasteiger partial charge in [-0.2, -0.15) is 0 Å². The van der Waals surface area contributed by atoms with Gasteiger partial charge < -0.3 is 10.1 Å². The highest BCUT2D eigenvalue weighted by atomic mass is 32.1. The molecule has 7 nitrogen and oxygen atoms in total. The zero-order chi connectivity index (χ0) is 16.0. The molecule has 0 bridgehead atoms. The molecule has 0 saturated carbocycles. The van der Waals surface area contributed by atoms with Gasteiger partial charge in [0.25, 0.3) is 0 Å². The van der Waals surface area contributed by atoms with E-state index in [0.29, 0.717) is 22.3 Å². The molecule has 8 heteroatoms. The molecule has 23 heavy (non-hydrogen) atoms. The lowest BCUT2D eigenvalue weighted by molar-refractivity contribution is 0.221. The highest BCUT2D eigenvalue weighted by Gasteiger charge is 2.32. The van der Waals surface area contributed by atoms with Gasteiger partial charge in [0, 0.05) is 0 Å². The van der Waals surface area contributed by atoms with E-state index in [1.165, 1.54) is 11.3 Å². The number of urea groups is 1. The zero-order valence-corrected chi connectivity index (χ0v) is 12.9. The lowest BCUT2D eigenvalue weighted by Gasteiger charge is -2.34. The lowest BCUT2D eigenvalue weighted by atomic mass is 10.2. The molecule has 1 aliphatic heterocycles. The first-order chi connectivity index (χ1) is 11.2. The molecule has 2 N–H and O–H groups in total. The predicted molar refractivity (Wildman–Crippen MR) is 88.4 cm³/mol. The number of anilines is 3. The van der Waals surface area contributed by atoms with Crippen molar-refractivity contribution in [3.8, 4) is 5.75 Å². The summed E-state index contributed by atoms with van der Waals surface area (Å²) in [5, 5.41) is 15.4. The Morgan fingerprint density at radius 1 is 1.26 bits per heavy atom. The van der Waals surface area contributed by atoms with Crippen LogP contribution in [0.25, 0.3) is 10.2 Å². The second kappa shape index (κ2) is 5.11. The van der Waals surface area contributed by atoms with Crippen molar-refractivity contribution in [2.75, 3.05) is 22.6 Å². The van der Waals surface area contributed by atoms with Crippen LogP contribution < -0.4 is 20.2 Å². The van der Waals surface area contributed by atoms with Crippen molar-refractivity contribution in [2.45, 2.75) is 0 Å². The molecule has 0 saturated heterocycles. The van der Waals surface area contributed by atoms with Gasteiger partial charge in [-0.25, -0.2) is 9.78 Å². The maximum Gasteiger partial charge on any atom is 0.349 e. The van der Waals surface area contributed by atoms with E-state index < -0.39 is 6.03 Å². The highest BCUT2D eigenvalue weighted by Crippen LogP contribution is 2.37. The minimum atomic E-state index is -0.475. The van der Waals surface area contributed by atoms with Crippen LogP contribution in [0.15, 0.2) is 42.5 Å². The maximum atomic E-state index is 12.3. The van der Waals surface area contributed by atoms with Gasteiger partial charge in [-0.1, -0.05) is 23.5 Å². The van der Waals surface area contributed by atoms with Gasteiger partial charge >= 0.3 is 6.03 Å². The second-order valence-corrected chi connectivity index (χ2v) is 5.89. The quantitative estimate of drug-likeness (QED) is 0.753. The third-order valence-corrected chi connectivity index (χ3v) is 4.50. The Morgan fingerprint density at radius 3 is 2.91 bits per heavy atom. The highest BCUT2D eigenvalue weighted by molar-refractivity contribution is 7.22. The first-order valence-electron chi connectivity index (χ1n) is 6.81. The molecule has 116 valence electrons. The Labute approximate surface area is 135 Å². The number of hydrogen-bond acceptors (Lipinski definition) is 6. The van der Waals surface area contributed by atoms with Crippen LogP contribution in [0.4, 0.5) is 21.3 Å². The summed E-state index contributed by atoms with van der Waals surface area (Å²) in [5.41, 5.74) is 1.74. The van der Waals surface area contributed by atoms with Crippen LogP contribution in [-0.2, 0) is 0 Å². The Balaban J connectivity index is 1.79. The predicted octanol–water partition coefficient (Wildman–Crippen LogP) is 3.47. The van der Waals surface area contributed by atoms with E-state index in [9.17, 15) is 10.0 Å². The fraction of sp³-hybridized carbons (Fsp3) is 0.0667. The molecule has 0 atom stereocenters. The number of fused-ring (bicyclic) bond motifs is 2. The van der Waals surface area contributed by atoms with E-state index in [0.717, 1.165) is 20.4 Å². The number of aromatic nitrogens is 1. The fourth-order valence-corrected chi connectivity index (χ4v) is 3.37. The van der Waals surface area contributed by atoms with E-state index in [4.69, 9.17) is 4.74 Å². The average Bonchev–Trinajstić information content (AvgIpc) is 2.97. The standard InChI is InChI=1S/C15H12N4O3S/c1-22-9-6-7-11-13(8-9)23-15(17-11)18-14(20)16-10-4-2-3-5-12(10)19(18)21/h2-8,21H,1H3,(H,16,20). The third-order valence-electron chi connectivity index (χ3n) is 3.51. The van der Waals surface area contributed by atoms with Crippen LogP contribution in [-0.4, -0.2) is 23.3 Å². The molecule has 1 aliphatic rings. The van der Waals surface area contributed by atoms with Gasteiger partial charge in [0.05, 0.1) is 23.0 Å². The number of nitrogens with zero attached hydrogens (tertiary/aromatic N) is 3. The number of nitrogens with one attached hydrogen (secondary N) is 1. The number of thiazole rings is 1. The second-order valence-electron chi connectivity index (χ2n) is 4.88. The van der Waals surface area contributed by atoms with Crippen molar-refractivity contribution in [3.05, 3.63) is 42.5 Å². The van der Waals surface area contributed by atoms with Crippen LogP contribution in [0.2, 0.25) is 0 Å². The number of carbonyl (C=O) groups excluding carboxylic acids is 1. The van der Waals surface area contributed by atoms with Gasteiger partial charge in [-0.3, -0.25) is 5.21 Å². The number of amides is 2. The summed E-state index contributed by atoms with van der Waals surface area (Å²) in [5.74, 6) is 0.710. The first-order valence-corrected chi connectivity index (χ1v) is 7.62. The van der Waals surface area contributed by atoms with Crippen molar-refractivity contribution < 1.29 is 14.7 Å². The number of para-hydroxylation sites is 2. The largest absolute Gasteiger partial charge is 0.497 e. The van der Waals surface area contributed by atoms with E-state index in [1.807, 2.05) is 12.1 Å². The number of benzene rings is 2. The maximum absolute atomic E-state index is 12.3. The minimum absolute atomic E-state index is 0.364. The van der Waals surface area contributed by atoms with E-state index >= 15 is 0 Å². The van der Waals surface area contributed by atoms with Gasteiger partial charge in [0.1, 0.15) is 11.4 Å². The third kappa shape index (κ3) is 2.16. The molecule has 2 heterocycles. The summed E-state index contributed by atoms with van der Waals surface area (Å²) < 4.78 is 6.05. The normalized spacial score (nSPS) is 13.9. The monoisotopic (exact) mass is 328 g/mol. The van der Waals surface area contributed by atoms with Gasteiger partial charge in [-0.05, 0) is 30.3 Å². The number of methoxy groups -OCH3 is 1. The number of ether oxygens (including phenoxy) is 1. The van der Waals surface area contributed by atoms with Crippen molar-refractivity contribution in [1.29, 1.82) is 0 Å². The first kappa shape index (κ1) is 13.8.